The Balaban J connectivity index is 3.51. The van der Waals surface area contributed by atoms with Gasteiger partial charge in [-0.1, -0.05) is 29.8 Å². The molecule has 1 N–H and O–H groups in total. The Bertz CT molecular complexity index is 620. The number of halogens is 2. The summed E-state index contributed by atoms with van der Waals surface area (Å²) >= 11 is 11.2. The molecule has 0 fully saturated rings. The third-order valence-electron chi connectivity index (χ3n) is 2.24. The number of aromatic carboxylic acids is 1. The van der Waals surface area contributed by atoms with Crippen LogP contribution in [-0.4, -0.2) is 25.2 Å². The molecule has 18 heavy (non-hydrogen) atoms. The quantitative estimate of drug-likeness (QED) is 0.928. The predicted molar refractivity (Wildman–Crippen MR) is 70.2 cm³/mol. The van der Waals surface area contributed by atoms with E-state index in [-0.39, 0.29) is 26.1 Å². The van der Waals surface area contributed by atoms with Crippen LogP contribution in [0.25, 0.3) is 0 Å². The monoisotopic (exact) mass is 308 g/mol. The molecule has 0 atom stereocenters. The summed E-state index contributed by atoms with van der Waals surface area (Å²) in [5, 5.41) is 8.95. The van der Waals surface area contributed by atoms with E-state index in [2.05, 4.69) is 6.58 Å². The standard InChI is InChI=1S/C11H10Cl2O4S/c1-6(12)5-18(16,17)10-4-8(13)3-9(7(10)2)11(14)15/h3-4H,1,5H2,2H3,(H,14,15). The van der Waals surface area contributed by atoms with E-state index in [1.165, 1.54) is 19.1 Å². The summed E-state index contributed by atoms with van der Waals surface area (Å²) in [7, 11) is -3.75. The van der Waals surface area contributed by atoms with Gasteiger partial charge in [0.25, 0.3) is 0 Å². The summed E-state index contributed by atoms with van der Waals surface area (Å²) in [4.78, 5) is 10.8. The van der Waals surface area contributed by atoms with Crippen LogP contribution >= 0.6 is 23.2 Å². The summed E-state index contributed by atoms with van der Waals surface area (Å²) in [6.45, 7) is 4.72. The number of hydrogen-bond donors (Lipinski definition) is 1. The summed E-state index contributed by atoms with van der Waals surface area (Å²) in [6, 6.07) is 2.41. The molecular formula is C11H10Cl2O4S. The van der Waals surface area contributed by atoms with Gasteiger partial charge in [-0.05, 0) is 24.6 Å². The van der Waals surface area contributed by atoms with Crippen LogP contribution in [0.4, 0.5) is 0 Å². The number of benzene rings is 1. The Morgan fingerprint density at radius 2 is 2.00 bits per heavy atom. The van der Waals surface area contributed by atoms with Crippen LogP contribution in [-0.2, 0) is 9.84 Å². The van der Waals surface area contributed by atoms with Gasteiger partial charge in [0.2, 0.25) is 0 Å². The summed E-state index contributed by atoms with van der Waals surface area (Å²) in [6.07, 6.45) is 0. The van der Waals surface area contributed by atoms with Crippen molar-refractivity contribution in [1.82, 2.24) is 0 Å². The van der Waals surface area contributed by atoms with Gasteiger partial charge in [0.1, 0.15) is 0 Å². The molecule has 0 unspecified atom stereocenters. The zero-order chi connectivity index (χ0) is 14.1. The number of sulfone groups is 1. The first-order valence-corrected chi connectivity index (χ1v) is 7.15. The number of carboxylic acids is 1. The van der Waals surface area contributed by atoms with Crippen molar-refractivity contribution < 1.29 is 18.3 Å². The molecule has 0 amide bonds. The van der Waals surface area contributed by atoms with Crippen LogP contribution < -0.4 is 0 Å². The van der Waals surface area contributed by atoms with E-state index >= 15 is 0 Å². The van der Waals surface area contributed by atoms with Crippen molar-refractivity contribution in [3.63, 3.8) is 0 Å². The molecule has 0 aliphatic heterocycles. The molecule has 1 aromatic carbocycles. The largest absolute Gasteiger partial charge is 0.478 e. The molecule has 0 saturated heterocycles. The van der Waals surface area contributed by atoms with Crippen LogP contribution in [0, 0.1) is 6.92 Å². The molecule has 0 radical (unpaired) electrons. The Labute approximate surface area is 115 Å². The normalized spacial score (nSPS) is 11.3. The number of rotatable bonds is 4. The van der Waals surface area contributed by atoms with Crippen molar-refractivity contribution in [2.24, 2.45) is 0 Å². The van der Waals surface area contributed by atoms with Crippen molar-refractivity contribution in [3.8, 4) is 0 Å². The highest BCUT2D eigenvalue weighted by atomic mass is 35.5. The molecule has 98 valence electrons. The third-order valence-corrected chi connectivity index (χ3v) is 4.57. The molecule has 1 rings (SSSR count). The van der Waals surface area contributed by atoms with Crippen LogP contribution in [0.15, 0.2) is 28.6 Å². The molecule has 4 nitrogen and oxygen atoms in total. The highest BCUT2D eigenvalue weighted by molar-refractivity contribution is 7.91. The zero-order valence-corrected chi connectivity index (χ0v) is 11.7. The minimum atomic E-state index is -3.75. The average Bonchev–Trinajstić information content (AvgIpc) is 2.18. The van der Waals surface area contributed by atoms with Crippen LogP contribution in [0.2, 0.25) is 5.02 Å². The fourth-order valence-electron chi connectivity index (χ4n) is 1.48. The first kappa shape index (κ1) is 15.0. The zero-order valence-electron chi connectivity index (χ0n) is 9.41. The second kappa shape index (κ2) is 5.30. The smallest absolute Gasteiger partial charge is 0.336 e. The van der Waals surface area contributed by atoms with Gasteiger partial charge in [-0.25, -0.2) is 13.2 Å². The van der Waals surface area contributed by atoms with E-state index in [1.54, 1.807) is 0 Å². The molecule has 7 heteroatoms. The molecular weight excluding hydrogens is 299 g/mol. The second-order valence-electron chi connectivity index (χ2n) is 3.66. The number of hydrogen-bond acceptors (Lipinski definition) is 3. The summed E-state index contributed by atoms with van der Waals surface area (Å²) in [5.41, 5.74) is -0.0222. The van der Waals surface area contributed by atoms with E-state index in [0.717, 1.165) is 0 Å². The van der Waals surface area contributed by atoms with E-state index in [9.17, 15) is 13.2 Å². The SMILES string of the molecule is C=C(Cl)CS(=O)(=O)c1cc(Cl)cc(C(=O)O)c1C. The van der Waals surface area contributed by atoms with Gasteiger partial charge in [0.15, 0.2) is 9.84 Å². The molecule has 0 aliphatic rings. The van der Waals surface area contributed by atoms with Crippen molar-refractivity contribution in [2.75, 3.05) is 5.75 Å². The highest BCUT2D eigenvalue weighted by Gasteiger charge is 2.22. The second-order valence-corrected chi connectivity index (χ2v) is 6.59. The first-order valence-electron chi connectivity index (χ1n) is 4.74. The van der Waals surface area contributed by atoms with Gasteiger partial charge in [0.05, 0.1) is 16.2 Å². The first-order chi connectivity index (χ1) is 8.15. The Kier molecular flexibility index (Phi) is 4.42. The minimum Gasteiger partial charge on any atom is -0.478 e. The van der Waals surface area contributed by atoms with Gasteiger partial charge in [-0.2, -0.15) is 0 Å². The molecule has 0 aliphatic carbocycles. The van der Waals surface area contributed by atoms with Crippen LogP contribution in [0.3, 0.4) is 0 Å². The molecule has 1 aromatic rings. The topological polar surface area (TPSA) is 71.4 Å². The maximum Gasteiger partial charge on any atom is 0.336 e. The maximum absolute atomic E-state index is 12.0. The minimum absolute atomic E-state index is 0.0387. The summed E-state index contributed by atoms with van der Waals surface area (Å²) in [5.74, 6) is -1.70. The van der Waals surface area contributed by atoms with Crippen molar-refractivity contribution in [3.05, 3.63) is 39.9 Å². The Morgan fingerprint density at radius 1 is 1.44 bits per heavy atom. The number of carboxylic acid groups (broad SMARTS) is 1. The lowest BCUT2D eigenvalue weighted by molar-refractivity contribution is 0.0696. The van der Waals surface area contributed by atoms with E-state index in [1.807, 2.05) is 0 Å². The highest BCUT2D eigenvalue weighted by Crippen LogP contribution is 2.26. The van der Waals surface area contributed by atoms with Crippen molar-refractivity contribution in [1.29, 1.82) is 0 Å². The third kappa shape index (κ3) is 3.25. The molecule has 0 bridgehead atoms. The lowest BCUT2D eigenvalue weighted by atomic mass is 10.1. The van der Waals surface area contributed by atoms with Gasteiger partial charge in [-0.15, -0.1) is 0 Å². The van der Waals surface area contributed by atoms with E-state index in [4.69, 9.17) is 28.3 Å². The maximum atomic E-state index is 12.0. The average molecular weight is 309 g/mol. The van der Waals surface area contributed by atoms with Crippen LogP contribution in [0.5, 0.6) is 0 Å². The fraction of sp³-hybridized carbons (Fsp3) is 0.182. The van der Waals surface area contributed by atoms with Crippen LogP contribution in [0.1, 0.15) is 15.9 Å². The van der Waals surface area contributed by atoms with E-state index in [0.29, 0.717) is 0 Å². The Hall–Kier alpha value is -1.04. The predicted octanol–water partition coefficient (Wildman–Crippen LogP) is 2.87. The Morgan fingerprint density at radius 3 is 2.44 bits per heavy atom. The van der Waals surface area contributed by atoms with Gasteiger partial charge in [0, 0.05) is 10.1 Å². The van der Waals surface area contributed by atoms with E-state index < -0.39 is 21.6 Å². The molecule has 0 aromatic heterocycles. The van der Waals surface area contributed by atoms with Crippen molar-refractivity contribution in [2.45, 2.75) is 11.8 Å². The molecule has 0 saturated carbocycles. The lowest BCUT2D eigenvalue weighted by Gasteiger charge is -2.10. The van der Waals surface area contributed by atoms with Crippen molar-refractivity contribution >= 4 is 39.0 Å². The lowest BCUT2D eigenvalue weighted by Crippen LogP contribution is -2.11. The fourth-order valence-corrected chi connectivity index (χ4v) is 3.65. The van der Waals surface area contributed by atoms with Gasteiger partial charge < -0.3 is 5.11 Å². The number of carbonyl (C=O) groups is 1. The molecule has 0 heterocycles. The summed E-state index contributed by atoms with van der Waals surface area (Å²) < 4.78 is 24.0. The molecule has 0 spiro atoms. The van der Waals surface area contributed by atoms with Gasteiger partial charge in [-0.3, -0.25) is 0 Å². The van der Waals surface area contributed by atoms with Gasteiger partial charge >= 0.3 is 5.97 Å².